The van der Waals surface area contributed by atoms with Gasteiger partial charge in [0.15, 0.2) is 17.3 Å². The summed E-state index contributed by atoms with van der Waals surface area (Å²) in [4.78, 5) is 25.5. The van der Waals surface area contributed by atoms with E-state index < -0.39 is 18.1 Å². The van der Waals surface area contributed by atoms with E-state index in [1.54, 1.807) is 32.4 Å². The number of aliphatic hydroxyl groups excluding tert-OH is 1. The predicted octanol–water partition coefficient (Wildman–Crippen LogP) is 3.90. The summed E-state index contributed by atoms with van der Waals surface area (Å²) in [6.45, 7) is 8.88. The van der Waals surface area contributed by atoms with Gasteiger partial charge in [0, 0.05) is 38.0 Å². The fraction of sp³-hybridized carbons (Fsp3) is 0.680. The fourth-order valence-electron chi connectivity index (χ4n) is 4.05. The largest absolute Gasteiger partial charge is 0.493 e. The molecule has 2 rings (SSSR count). The first-order chi connectivity index (χ1) is 15.2. The molecule has 1 saturated heterocycles. The summed E-state index contributed by atoms with van der Waals surface area (Å²) in [5, 5.41) is 10.8. The Kier molecular flexibility index (Phi) is 9.97. The summed E-state index contributed by atoms with van der Waals surface area (Å²) in [6.07, 6.45) is -0.0223. The van der Waals surface area contributed by atoms with Gasteiger partial charge in [-0.15, -0.1) is 0 Å². The molecule has 1 aromatic rings. The van der Waals surface area contributed by atoms with Crippen LogP contribution in [0, 0.1) is 23.7 Å². The Morgan fingerprint density at radius 2 is 1.88 bits per heavy atom. The van der Waals surface area contributed by atoms with Crippen LogP contribution >= 0.6 is 0 Å². The molecule has 1 aromatic carbocycles. The number of methoxy groups -OCH3 is 2. The number of carbonyl (C=O) groups excluding carboxylic acids is 2. The van der Waals surface area contributed by atoms with Crippen molar-refractivity contribution in [1.29, 1.82) is 0 Å². The van der Waals surface area contributed by atoms with Gasteiger partial charge in [-0.2, -0.15) is 0 Å². The predicted molar refractivity (Wildman–Crippen MR) is 121 cm³/mol. The summed E-state index contributed by atoms with van der Waals surface area (Å²) in [7, 11) is 3.19. The van der Waals surface area contributed by atoms with Crippen LogP contribution in [0.3, 0.4) is 0 Å². The molecule has 180 valence electrons. The maximum absolute atomic E-state index is 13.4. The number of esters is 1. The number of aliphatic hydroxyl groups is 1. The third kappa shape index (κ3) is 6.69. The van der Waals surface area contributed by atoms with Crippen LogP contribution in [0.15, 0.2) is 18.2 Å². The Hall–Kier alpha value is -2.12. The minimum absolute atomic E-state index is 0.00308. The highest BCUT2D eigenvalue weighted by atomic mass is 16.6. The Labute approximate surface area is 191 Å². The molecule has 1 heterocycles. The molecule has 4 atom stereocenters. The number of ether oxygens (including phenoxy) is 4. The SMILES string of the molecule is COCCCOc1cc(C(=O)[C@@H](C[C@H](O)[C@@H]2C[C@@H](C(C)C)C(=O)O2)C(C)C)ccc1OC. The van der Waals surface area contributed by atoms with Crippen LogP contribution < -0.4 is 9.47 Å². The maximum atomic E-state index is 13.4. The van der Waals surface area contributed by atoms with Crippen LogP contribution in [0.2, 0.25) is 0 Å². The summed E-state index contributed by atoms with van der Waals surface area (Å²) >= 11 is 0. The molecule has 0 bridgehead atoms. The number of hydrogen-bond donors (Lipinski definition) is 1. The van der Waals surface area contributed by atoms with Gasteiger partial charge in [-0.05, 0) is 36.5 Å². The number of ketones is 1. The maximum Gasteiger partial charge on any atom is 0.309 e. The molecular weight excluding hydrogens is 412 g/mol. The van der Waals surface area contributed by atoms with Gasteiger partial charge in [0.1, 0.15) is 6.10 Å². The highest BCUT2D eigenvalue weighted by Gasteiger charge is 2.41. The molecule has 1 fully saturated rings. The lowest BCUT2D eigenvalue weighted by atomic mass is 9.81. The van der Waals surface area contributed by atoms with Crippen LogP contribution in [0.25, 0.3) is 0 Å². The fourth-order valence-corrected chi connectivity index (χ4v) is 4.05. The van der Waals surface area contributed by atoms with Gasteiger partial charge in [0.2, 0.25) is 0 Å². The van der Waals surface area contributed by atoms with Crippen molar-refractivity contribution in [3.63, 3.8) is 0 Å². The van der Waals surface area contributed by atoms with Crippen molar-refractivity contribution in [2.24, 2.45) is 23.7 Å². The van der Waals surface area contributed by atoms with Crippen molar-refractivity contribution >= 4 is 11.8 Å². The highest BCUT2D eigenvalue weighted by molar-refractivity contribution is 5.98. The number of hydrogen-bond acceptors (Lipinski definition) is 7. The van der Waals surface area contributed by atoms with Crippen LogP contribution in [0.5, 0.6) is 11.5 Å². The highest BCUT2D eigenvalue weighted by Crippen LogP contribution is 2.34. The second-order valence-corrected chi connectivity index (χ2v) is 9.14. The van der Waals surface area contributed by atoms with E-state index in [9.17, 15) is 14.7 Å². The van der Waals surface area contributed by atoms with E-state index in [-0.39, 0.29) is 35.9 Å². The van der Waals surface area contributed by atoms with E-state index in [4.69, 9.17) is 18.9 Å². The third-order valence-corrected chi connectivity index (χ3v) is 6.13. The first-order valence-corrected chi connectivity index (χ1v) is 11.4. The topological polar surface area (TPSA) is 91.3 Å². The Bertz CT molecular complexity index is 759. The lowest BCUT2D eigenvalue weighted by Gasteiger charge is -2.25. The molecule has 0 unspecified atom stereocenters. The molecule has 1 N–H and O–H groups in total. The summed E-state index contributed by atoms with van der Waals surface area (Å²) < 4.78 is 21.6. The number of rotatable bonds is 13. The summed E-state index contributed by atoms with van der Waals surface area (Å²) in [5.74, 6) is 0.251. The third-order valence-electron chi connectivity index (χ3n) is 6.13. The normalized spacial score (nSPS) is 20.3. The van der Waals surface area contributed by atoms with Gasteiger partial charge in [0.05, 0.1) is 25.7 Å². The molecule has 0 saturated carbocycles. The van der Waals surface area contributed by atoms with Crippen molar-refractivity contribution < 1.29 is 33.6 Å². The monoisotopic (exact) mass is 450 g/mol. The zero-order valence-electron chi connectivity index (χ0n) is 20.1. The van der Waals surface area contributed by atoms with Gasteiger partial charge in [-0.25, -0.2) is 0 Å². The quantitative estimate of drug-likeness (QED) is 0.277. The van der Waals surface area contributed by atoms with Crippen LogP contribution in [-0.4, -0.2) is 56.5 Å². The van der Waals surface area contributed by atoms with E-state index in [0.29, 0.717) is 36.7 Å². The molecule has 0 radical (unpaired) electrons. The lowest BCUT2D eigenvalue weighted by molar-refractivity contribution is -0.149. The van der Waals surface area contributed by atoms with Crippen molar-refractivity contribution in [3.8, 4) is 11.5 Å². The summed E-state index contributed by atoms with van der Waals surface area (Å²) in [6, 6.07) is 5.13. The molecule has 7 nitrogen and oxygen atoms in total. The number of carbonyl (C=O) groups is 2. The Balaban J connectivity index is 2.13. The number of Topliss-reactive ketones (excluding diaryl/α,β-unsaturated/α-hetero) is 1. The minimum atomic E-state index is -0.887. The molecule has 0 spiro atoms. The van der Waals surface area contributed by atoms with E-state index in [1.165, 1.54) is 0 Å². The summed E-state index contributed by atoms with van der Waals surface area (Å²) in [5.41, 5.74) is 0.502. The van der Waals surface area contributed by atoms with Gasteiger partial charge < -0.3 is 24.1 Å². The number of benzene rings is 1. The van der Waals surface area contributed by atoms with Crippen molar-refractivity contribution in [2.45, 2.75) is 59.2 Å². The molecule has 32 heavy (non-hydrogen) atoms. The van der Waals surface area contributed by atoms with Gasteiger partial charge in [-0.3, -0.25) is 9.59 Å². The van der Waals surface area contributed by atoms with Crippen molar-refractivity contribution in [3.05, 3.63) is 23.8 Å². The Morgan fingerprint density at radius 1 is 1.16 bits per heavy atom. The molecule has 7 heteroatoms. The molecular formula is C25H38O7. The molecule has 0 aliphatic carbocycles. The standard InChI is InChI=1S/C25H38O7/c1-15(2)18(13-20(26)22-14-19(16(3)4)25(28)32-22)24(27)17-8-9-21(30-6)23(12-17)31-11-7-10-29-5/h8-9,12,15-16,18-20,22,26H,7,10-11,13-14H2,1-6H3/t18-,19-,20-,22-/m0/s1. The van der Waals surface area contributed by atoms with Gasteiger partial charge >= 0.3 is 5.97 Å². The van der Waals surface area contributed by atoms with Crippen LogP contribution in [0.4, 0.5) is 0 Å². The smallest absolute Gasteiger partial charge is 0.309 e. The molecule has 1 aliphatic rings. The lowest BCUT2D eigenvalue weighted by Crippen LogP contribution is -2.33. The molecule has 1 aliphatic heterocycles. The van der Waals surface area contributed by atoms with Gasteiger partial charge in [-0.1, -0.05) is 27.7 Å². The first kappa shape index (κ1) is 26.1. The zero-order chi connectivity index (χ0) is 23.8. The van der Waals surface area contributed by atoms with E-state index >= 15 is 0 Å². The van der Waals surface area contributed by atoms with E-state index in [2.05, 4.69) is 0 Å². The Morgan fingerprint density at radius 3 is 2.44 bits per heavy atom. The van der Waals surface area contributed by atoms with Gasteiger partial charge in [0.25, 0.3) is 0 Å². The first-order valence-electron chi connectivity index (χ1n) is 11.4. The van der Waals surface area contributed by atoms with Crippen LogP contribution in [0.1, 0.15) is 57.3 Å². The minimum Gasteiger partial charge on any atom is -0.493 e. The molecule has 0 aromatic heterocycles. The van der Waals surface area contributed by atoms with Crippen molar-refractivity contribution in [2.75, 3.05) is 27.4 Å². The van der Waals surface area contributed by atoms with Crippen molar-refractivity contribution in [1.82, 2.24) is 0 Å². The zero-order valence-corrected chi connectivity index (χ0v) is 20.1. The van der Waals surface area contributed by atoms with E-state index in [0.717, 1.165) is 6.42 Å². The van der Waals surface area contributed by atoms with Crippen LogP contribution in [-0.2, 0) is 14.3 Å². The van der Waals surface area contributed by atoms with E-state index in [1.807, 2.05) is 27.7 Å². The number of cyclic esters (lactones) is 1. The molecule has 0 amide bonds. The second-order valence-electron chi connectivity index (χ2n) is 9.14. The average Bonchev–Trinajstić information content (AvgIpc) is 3.16. The second kappa shape index (κ2) is 12.2. The average molecular weight is 451 g/mol.